The number of pyridine rings is 1. The Hall–Kier alpha value is -2.43. The molecule has 5 heteroatoms. The van der Waals surface area contributed by atoms with Crippen LogP contribution in [0.15, 0.2) is 54.6 Å². The Morgan fingerprint density at radius 1 is 1.04 bits per heavy atom. The van der Waals surface area contributed by atoms with Crippen molar-refractivity contribution in [1.82, 2.24) is 14.8 Å². The van der Waals surface area contributed by atoms with E-state index in [0.717, 1.165) is 66.3 Å². The molecule has 0 spiro atoms. The highest BCUT2D eigenvalue weighted by Gasteiger charge is 2.22. The molecular formula is C23H24ClN3O. The van der Waals surface area contributed by atoms with Crippen LogP contribution in [-0.2, 0) is 6.54 Å². The van der Waals surface area contributed by atoms with Crippen molar-refractivity contribution in [3.05, 3.63) is 76.4 Å². The summed E-state index contributed by atoms with van der Waals surface area (Å²) in [6.45, 7) is 6.21. The highest BCUT2D eigenvalue weighted by molar-refractivity contribution is 6.30. The maximum Gasteiger partial charge on any atom is 0.254 e. The molecule has 1 saturated heterocycles. The molecule has 3 aromatic rings. The van der Waals surface area contributed by atoms with E-state index in [-0.39, 0.29) is 5.91 Å². The van der Waals surface area contributed by atoms with E-state index in [1.165, 1.54) is 5.56 Å². The first kappa shape index (κ1) is 18.9. The van der Waals surface area contributed by atoms with Crippen LogP contribution < -0.4 is 0 Å². The standard InChI is InChI=1S/C23H24ClN3O/c1-17-15-21(20-5-2-3-6-22(20)25-17)23(28)27-12-4-11-26(13-14-27)16-18-7-9-19(24)10-8-18/h2-3,5-10,15H,4,11-14,16H2,1H3. The van der Waals surface area contributed by atoms with E-state index in [4.69, 9.17) is 11.6 Å². The van der Waals surface area contributed by atoms with Gasteiger partial charge < -0.3 is 4.90 Å². The van der Waals surface area contributed by atoms with Crippen LogP contribution in [0.4, 0.5) is 0 Å². The zero-order valence-electron chi connectivity index (χ0n) is 16.1. The topological polar surface area (TPSA) is 36.4 Å². The summed E-state index contributed by atoms with van der Waals surface area (Å²) in [5.74, 6) is 0.107. The van der Waals surface area contributed by atoms with Crippen LogP contribution in [0, 0.1) is 6.92 Å². The van der Waals surface area contributed by atoms with Gasteiger partial charge in [0.05, 0.1) is 11.1 Å². The summed E-state index contributed by atoms with van der Waals surface area (Å²) in [6, 6.07) is 17.8. The number of fused-ring (bicyclic) bond motifs is 1. The largest absolute Gasteiger partial charge is 0.337 e. The molecule has 2 aromatic carbocycles. The minimum Gasteiger partial charge on any atom is -0.337 e. The maximum atomic E-state index is 13.3. The van der Waals surface area contributed by atoms with Gasteiger partial charge in [0.1, 0.15) is 0 Å². The number of aryl methyl sites for hydroxylation is 1. The third kappa shape index (κ3) is 4.18. The SMILES string of the molecule is Cc1cc(C(=O)N2CCCN(Cc3ccc(Cl)cc3)CC2)c2ccccc2n1. The lowest BCUT2D eigenvalue weighted by Gasteiger charge is -2.23. The normalized spacial score (nSPS) is 15.6. The number of nitrogens with zero attached hydrogens (tertiary/aromatic N) is 3. The molecule has 1 fully saturated rings. The second-order valence-corrected chi connectivity index (χ2v) is 7.81. The molecule has 0 radical (unpaired) electrons. The zero-order valence-corrected chi connectivity index (χ0v) is 16.8. The fourth-order valence-corrected chi connectivity index (χ4v) is 3.96. The Morgan fingerprint density at radius 3 is 2.64 bits per heavy atom. The smallest absolute Gasteiger partial charge is 0.254 e. The first-order valence-electron chi connectivity index (χ1n) is 9.72. The van der Waals surface area contributed by atoms with Crippen LogP contribution in [0.2, 0.25) is 5.02 Å². The number of aromatic nitrogens is 1. The van der Waals surface area contributed by atoms with Crippen LogP contribution in [0.3, 0.4) is 0 Å². The van der Waals surface area contributed by atoms with Gasteiger partial charge in [0.15, 0.2) is 0 Å². The molecular weight excluding hydrogens is 370 g/mol. The minimum atomic E-state index is 0.107. The van der Waals surface area contributed by atoms with E-state index < -0.39 is 0 Å². The average molecular weight is 394 g/mol. The highest BCUT2D eigenvalue weighted by atomic mass is 35.5. The number of hydrogen-bond acceptors (Lipinski definition) is 3. The molecule has 0 aliphatic carbocycles. The predicted octanol–water partition coefficient (Wildman–Crippen LogP) is 4.54. The second kappa shape index (κ2) is 8.29. The number of amides is 1. The summed E-state index contributed by atoms with van der Waals surface area (Å²) < 4.78 is 0. The first-order valence-corrected chi connectivity index (χ1v) is 10.1. The van der Waals surface area contributed by atoms with Crippen molar-refractivity contribution in [3.63, 3.8) is 0 Å². The molecule has 2 heterocycles. The number of carbonyl (C=O) groups excluding carboxylic acids is 1. The molecule has 1 aliphatic heterocycles. The molecule has 1 aliphatic rings. The lowest BCUT2D eigenvalue weighted by molar-refractivity contribution is 0.0763. The van der Waals surface area contributed by atoms with Gasteiger partial charge in [0.2, 0.25) is 0 Å². The van der Waals surface area contributed by atoms with Crippen molar-refractivity contribution >= 4 is 28.4 Å². The second-order valence-electron chi connectivity index (χ2n) is 7.38. The first-order chi connectivity index (χ1) is 13.6. The Labute approximate surface area is 170 Å². The average Bonchev–Trinajstić information content (AvgIpc) is 2.94. The van der Waals surface area contributed by atoms with E-state index >= 15 is 0 Å². The molecule has 144 valence electrons. The molecule has 4 rings (SSSR count). The summed E-state index contributed by atoms with van der Waals surface area (Å²) in [5.41, 5.74) is 3.76. The minimum absolute atomic E-state index is 0.107. The van der Waals surface area contributed by atoms with Crippen LogP contribution >= 0.6 is 11.6 Å². The van der Waals surface area contributed by atoms with Crippen LogP contribution in [0.25, 0.3) is 10.9 Å². The van der Waals surface area contributed by atoms with Crippen molar-refractivity contribution in [2.24, 2.45) is 0 Å². The highest BCUT2D eigenvalue weighted by Crippen LogP contribution is 2.21. The molecule has 1 aromatic heterocycles. The van der Waals surface area contributed by atoms with Crippen molar-refractivity contribution in [1.29, 1.82) is 0 Å². The van der Waals surface area contributed by atoms with Gasteiger partial charge in [-0.2, -0.15) is 0 Å². The number of rotatable bonds is 3. The third-order valence-corrected chi connectivity index (χ3v) is 5.52. The lowest BCUT2D eigenvalue weighted by atomic mass is 10.1. The summed E-state index contributed by atoms with van der Waals surface area (Å²) >= 11 is 5.98. The van der Waals surface area contributed by atoms with Gasteiger partial charge in [-0.1, -0.05) is 41.9 Å². The van der Waals surface area contributed by atoms with Crippen molar-refractivity contribution in [2.45, 2.75) is 19.9 Å². The molecule has 0 N–H and O–H groups in total. The number of para-hydroxylation sites is 1. The maximum absolute atomic E-state index is 13.3. The van der Waals surface area contributed by atoms with E-state index in [1.807, 2.05) is 54.3 Å². The Morgan fingerprint density at radius 2 is 1.82 bits per heavy atom. The van der Waals surface area contributed by atoms with Crippen molar-refractivity contribution < 1.29 is 4.79 Å². The van der Waals surface area contributed by atoms with Crippen molar-refractivity contribution in [2.75, 3.05) is 26.2 Å². The van der Waals surface area contributed by atoms with Gasteiger partial charge >= 0.3 is 0 Å². The molecule has 0 bridgehead atoms. The predicted molar refractivity (Wildman–Crippen MR) is 114 cm³/mol. The van der Waals surface area contributed by atoms with Gasteiger partial charge in [-0.25, -0.2) is 0 Å². The number of hydrogen-bond donors (Lipinski definition) is 0. The monoisotopic (exact) mass is 393 g/mol. The van der Waals surface area contributed by atoms with Crippen LogP contribution in [-0.4, -0.2) is 46.9 Å². The lowest BCUT2D eigenvalue weighted by Crippen LogP contribution is -2.35. The zero-order chi connectivity index (χ0) is 19.5. The number of carbonyl (C=O) groups is 1. The van der Waals surface area contributed by atoms with Gasteiger partial charge in [0, 0.05) is 48.8 Å². The van der Waals surface area contributed by atoms with Crippen LogP contribution in [0.1, 0.15) is 28.0 Å². The van der Waals surface area contributed by atoms with E-state index in [0.29, 0.717) is 0 Å². The van der Waals surface area contributed by atoms with Gasteiger partial charge in [-0.3, -0.25) is 14.7 Å². The third-order valence-electron chi connectivity index (χ3n) is 5.27. The summed E-state index contributed by atoms with van der Waals surface area (Å²) in [7, 11) is 0. The van der Waals surface area contributed by atoms with Crippen LogP contribution in [0.5, 0.6) is 0 Å². The Balaban J connectivity index is 1.48. The Kier molecular flexibility index (Phi) is 5.60. The quantitative estimate of drug-likeness (QED) is 0.655. The summed E-state index contributed by atoms with van der Waals surface area (Å²) in [6.07, 6.45) is 0.974. The molecule has 0 unspecified atom stereocenters. The fourth-order valence-electron chi connectivity index (χ4n) is 3.84. The molecule has 0 atom stereocenters. The molecule has 4 nitrogen and oxygen atoms in total. The van der Waals surface area contributed by atoms with Gasteiger partial charge in [-0.15, -0.1) is 0 Å². The number of benzene rings is 2. The molecule has 0 saturated carbocycles. The summed E-state index contributed by atoms with van der Waals surface area (Å²) in [5, 5.41) is 1.69. The van der Waals surface area contributed by atoms with E-state index in [2.05, 4.69) is 22.0 Å². The van der Waals surface area contributed by atoms with Gasteiger partial charge in [0.25, 0.3) is 5.91 Å². The van der Waals surface area contributed by atoms with Gasteiger partial charge in [-0.05, 0) is 43.2 Å². The Bertz CT molecular complexity index is 987. The fraction of sp³-hybridized carbons (Fsp3) is 0.304. The van der Waals surface area contributed by atoms with E-state index in [9.17, 15) is 4.79 Å². The van der Waals surface area contributed by atoms with Crippen molar-refractivity contribution in [3.8, 4) is 0 Å². The number of halogens is 1. The molecule has 1 amide bonds. The van der Waals surface area contributed by atoms with E-state index in [1.54, 1.807) is 0 Å². The summed E-state index contributed by atoms with van der Waals surface area (Å²) in [4.78, 5) is 22.2. The molecule has 28 heavy (non-hydrogen) atoms.